The van der Waals surface area contributed by atoms with Crippen LogP contribution >= 0.6 is 0 Å². The third-order valence-electron chi connectivity index (χ3n) is 5.08. The highest BCUT2D eigenvalue weighted by atomic mass is 32.2. The Balaban J connectivity index is 1.65. The zero-order chi connectivity index (χ0) is 24.9. The summed E-state index contributed by atoms with van der Waals surface area (Å²) >= 11 is 0. The van der Waals surface area contributed by atoms with Crippen molar-refractivity contribution in [3.63, 3.8) is 0 Å². The van der Waals surface area contributed by atoms with E-state index >= 15 is 0 Å². The number of carbonyl (C=O) groups excluding carboxylic acids is 2. The van der Waals surface area contributed by atoms with Gasteiger partial charge in [-0.2, -0.15) is 4.72 Å². The Morgan fingerprint density at radius 1 is 0.853 bits per heavy atom. The van der Waals surface area contributed by atoms with Crippen LogP contribution in [0.4, 0.5) is 4.39 Å². The molecule has 3 rings (SSSR count). The zero-order valence-corrected chi connectivity index (χ0v) is 19.7. The molecule has 3 aromatic rings. The molecule has 34 heavy (non-hydrogen) atoms. The Bertz CT molecular complexity index is 1300. The second kappa shape index (κ2) is 10.6. The summed E-state index contributed by atoms with van der Waals surface area (Å²) in [4.78, 5) is 25.0. The average Bonchev–Trinajstić information content (AvgIpc) is 2.81. The van der Waals surface area contributed by atoms with Gasteiger partial charge in [-0.15, -0.1) is 0 Å². The average molecular weight is 488 g/mol. The lowest BCUT2D eigenvalue weighted by Gasteiger charge is -2.22. The Hall–Kier alpha value is -3.50. The second-order valence-electron chi connectivity index (χ2n) is 8.02. The smallest absolute Gasteiger partial charge is 0.279 e. The fourth-order valence-electron chi connectivity index (χ4n) is 3.15. The minimum absolute atomic E-state index is 0.0144. The van der Waals surface area contributed by atoms with E-state index in [2.05, 4.69) is 15.6 Å². The van der Waals surface area contributed by atoms with Gasteiger partial charge in [0.05, 0.1) is 4.90 Å². The number of sulfonamides is 1. The fourth-order valence-corrected chi connectivity index (χ4v) is 4.53. The number of ether oxygens (including phenoxy) is 1. The molecule has 180 valence electrons. The summed E-state index contributed by atoms with van der Waals surface area (Å²) in [6.07, 6.45) is -1.12. The molecule has 0 fully saturated rings. The molecule has 0 aromatic heterocycles. The summed E-state index contributed by atoms with van der Waals surface area (Å²) in [7, 11) is -4.03. The number of nitrogens with one attached hydrogen (secondary N) is 3. The van der Waals surface area contributed by atoms with E-state index in [9.17, 15) is 22.4 Å². The van der Waals surface area contributed by atoms with Crippen molar-refractivity contribution in [3.05, 3.63) is 72.5 Å². The molecule has 8 nitrogen and oxygen atoms in total. The molecule has 10 heteroatoms. The Kier molecular flexibility index (Phi) is 7.85. The SMILES string of the molecule is CC(C)[C@@H](NS(=O)(=O)c1ccc2ccccc2c1)C(=O)NNC(=O)[C@@H](C)Oc1ccccc1F. The van der Waals surface area contributed by atoms with Crippen molar-refractivity contribution in [1.29, 1.82) is 0 Å². The van der Waals surface area contributed by atoms with Crippen LogP contribution in [0.2, 0.25) is 0 Å². The molecule has 3 N–H and O–H groups in total. The van der Waals surface area contributed by atoms with Gasteiger partial charge in [-0.3, -0.25) is 20.4 Å². The first kappa shape index (κ1) is 25.1. The van der Waals surface area contributed by atoms with Crippen LogP contribution in [0.25, 0.3) is 10.8 Å². The molecule has 2 atom stereocenters. The molecule has 0 aliphatic carbocycles. The van der Waals surface area contributed by atoms with Gasteiger partial charge in [-0.05, 0) is 47.9 Å². The number of carbonyl (C=O) groups is 2. The van der Waals surface area contributed by atoms with Crippen molar-refractivity contribution in [2.45, 2.75) is 37.8 Å². The van der Waals surface area contributed by atoms with Crippen LogP contribution in [0.1, 0.15) is 20.8 Å². The molecule has 0 saturated carbocycles. The standard InChI is InChI=1S/C24H26FN3O5S/c1-15(2)22(28-34(31,32)19-13-12-17-8-4-5-9-18(17)14-19)24(30)27-26-23(29)16(3)33-21-11-7-6-10-20(21)25/h4-16,22,28H,1-3H3,(H,26,29)(H,27,30)/t16-,22-/m1/s1. The number of fused-ring (bicyclic) bond motifs is 1. The summed E-state index contributed by atoms with van der Waals surface area (Å²) in [6, 6.07) is 16.4. The van der Waals surface area contributed by atoms with E-state index in [4.69, 9.17) is 4.74 Å². The summed E-state index contributed by atoms with van der Waals surface area (Å²) < 4.78 is 47.3. The molecule has 3 aromatic carbocycles. The van der Waals surface area contributed by atoms with Gasteiger partial charge in [-0.1, -0.05) is 56.3 Å². The van der Waals surface area contributed by atoms with Crippen LogP contribution in [-0.2, 0) is 19.6 Å². The van der Waals surface area contributed by atoms with Gasteiger partial charge >= 0.3 is 0 Å². The predicted octanol–water partition coefficient (Wildman–Crippen LogP) is 2.90. The van der Waals surface area contributed by atoms with Gasteiger partial charge in [0, 0.05) is 0 Å². The number of hydrogen-bond donors (Lipinski definition) is 3. The number of benzene rings is 3. The van der Waals surface area contributed by atoms with Crippen molar-refractivity contribution in [1.82, 2.24) is 15.6 Å². The van der Waals surface area contributed by atoms with E-state index in [0.717, 1.165) is 10.8 Å². The first-order valence-electron chi connectivity index (χ1n) is 10.6. The molecule has 0 aliphatic rings. The Labute approximate surface area is 197 Å². The van der Waals surface area contributed by atoms with Crippen molar-refractivity contribution >= 4 is 32.6 Å². The molecule has 0 saturated heterocycles. The van der Waals surface area contributed by atoms with Crippen LogP contribution in [0, 0.1) is 11.7 Å². The molecule has 0 radical (unpaired) electrons. The predicted molar refractivity (Wildman–Crippen MR) is 126 cm³/mol. The third-order valence-corrected chi connectivity index (χ3v) is 6.52. The minimum atomic E-state index is -4.03. The molecular formula is C24H26FN3O5S. The maximum Gasteiger partial charge on any atom is 0.279 e. The molecule has 2 amide bonds. The van der Waals surface area contributed by atoms with E-state index < -0.39 is 45.7 Å². The number of hydrogen-bond acceptors (Lipinski definition) is 5. The Morgan fingerprint density at radius 2 is 1.47 bits per heavy atom. The summed E-state index contributed by atoms with van der Waals surface area (Å²) in [5.41, 5.74) is 4.40. The van der Waals surface area contributed by atoms with Crippen LogP contribution in [0.5, 0.6) is 5.75 Å². The Morgan fingerprint density at radius 3 is 2.15 bits per heavy atom. The quantitative estimate of drug-likeness (QED) is 0.423. The van der Waals surface area contributed by atoms with Gasteiger partial charge in [0.2, 0.25) is 10.0 Å². The maximum atomic E-state index is 13.7. The van der Waals surface area contributed by atoms with Crippen LogP contribution in [0.3, 0.4) is 0 Å². The maximum absolute atomic E-state index is 13.7. The van der Waals surface area contributed by atoms with Gasteiger partial charge < -0.3 is 4.74 Å². The van der Waals surface area contributed by atoms with Gasteiger partial charge in [0.1, 0.15) is 6.04 Å². The molecule has 0 unspecified atom stereocenters. The molecule has 0 aliphatic heterocycles. The minimum Gasteiger partial charge on any atom is -0.478 e. The number of hydrazine groups is 1. The largest absolute Gasteiger partial charge is 0.478 e. The van der Waals surface area contributed by atoms with Gasteiger partial charge in [-0.25, -0.2) is 12.8 Å². The highest BCUT2D eigenvalue weighted by molar-refractivity contribution is 7.89. The van der Waals surface area contributed by atoms with E-state index in [0.29, 0.717) is 0 Å². The van der Waals surface area contributed by atoms with Gasteiger partial charge in [0.15, 0.2) is 17.7 Å². The highest BCUT2D eigenvalue weighted by Crippen LogP contribution is 2.20. The van der Waals surface area contributed by atoms with Gasteiger partial charge in [0.25, 0.3) is 11.8 Å². The number of rotatable bonds is 8. The van der Waals surface area contributed by atoms with Crippen LogP contribution in [0.15, 0.2) is 71.6 Å². The topological polar surface area (TPSA) is 114 Å². The van der Waals surface area contributed by atoms with Crippen molar-refractivity contribution < 1.29 is 27.1 Å². The first-order valence-corrected chi connectivity index (χ1v) is 12.1. The lowest BCUT2D eigenvalue weighted by atomic mass is 10.1. The summed E-state index contributed by atoms with van der Waals surface area (Å²) in [6.45, 7) is 4.72. The summed E-state index contributed by atoms with van der Waals surface area (Å²) in [5.74, 6) is -2.67. The van der Waals surface area contributed by atoms with E-state index in [-0.39, 0.29) is 10.6 Å². The van der Waals surface area contributed by atoms with E-state index in [1.807, 2.05) is 12.1 Å². The lowest BCUT2D eigenvalue weighted by molar-refractivity contribution is -0.133. The number of amides is 2. The fraction of sp³-hybridized carbons (Fsp3) is 0.250. The molecule has 0 bridgehead atoms. The van der Waals surface area contributed by atoms with Crippen molar-refractivity contribution in [2.24, 2.45) is 5.92 Å². The van der Waals surface area contributed by atoms with Crippen LogP contribution in [-0.4, -0.2) is 32.4 Å². The zero-order valence-electron chi connectivity index (χ0n) is 18.9. The molecule has 0 heterocycles. The third kappa shape index (κ3) is 6.09. The van der Waals surface area contributed by atoms with Crippen molar-refractivity contribution in [3.8, 4) is 5.75 Å². The van der Waals surface area contributed by atoms with E-state index in [1.54, 1.807) is 38.1 Å². The second-order valence-corrected chi connectivity index (χ2v) is 9.73. The number of para-hydroxylation sites is 1. The van der Waals surface area contributed by atoms with Crippen LogP contribution < -0.4 is 20.3 Å². The molecular weight excluding hydrogens is 461 g/mol. The van der Waals surface area contributed by atoms with Crippen molar-refractivity contribution in [2.75, 3.05) is 0 Å². The highest BCUT2D eigenvalue weighted by Gasteiger charge is 2.29. The normalized spacial score (nSPS) is 13.3. The summed E-state index contributed by atoms with van der Waals surface area (Å²) in [5, 5.41) is 1.63. The monoisotopic (exact) mass is 487 g/mol. The number of halogens is 1. The molecule has 0 spiro atoms. The van der Waals surface area contributed by atoms with E-state index in [1.165, 1.54) is 37.3 Å². The lowest BCUT2D eigenvalue weighted by Crippen LogP contribution is -2.55. The first-order chi connectivity index (χ1) is 16.1.